The van der Waals surface area contributed by atoms with Crippen LogP contribution < -0.4 is 26.0 Å². The van der Waals surface area contributed by atoms with E-state index in [0.717, 1.165) is 12.7 Å². The number of alkyl halides is 3. The van der Waals surface area contributed by atoms with Gasteiger partial charge in [0.2, 0.25) is 11.9 Å². The van der Waals surface area contributed by atoms with Gasteiger partial charge in [0, 0.05) is 34.9 Å². The molecule has 0 aliphatic heterocycles. The van der Waals surface area contributed by atoms with E-state index in [1.54, 1.807) is 43.3 Å². The lowest BCUT2D eigenvalue weighted by Crippen LogP contribution is -2.37. The van der Waals surface area contributed by atoms with Crippen molar-refractivity contribution < 1.29 is 41.8 Å². The van der Waals surface area contributed by atoms with E-state index in [1.165, 1.54) is 28.9 Å². The smallest absolute Gasteiger partial charge is 0.422 e. The molecule has 0 saturated heterocycles. The molecule has 1 saturated carbocycles. The van der Waals surface area contributed by atoms with Crippen LogP contribution in [0.5, 0.6) is 6.01 Å². The Kier molecular flexibility index (Phi) is 12.2. The molecule has 0 bridgehead atoms. The van der Waals surface area contributed by atoms with Crippen LogP contribution in [0.15, 0.2) is 77.8 Å². The number of hydrogen-bond acceptors (Lipinski definition) is 14. The molecule has 2 aromatic heterocycles. The number of aryl methyl sites for hydroxylation is 1. The third-order valence-electron chi connectivity index (χ3n) is 8.37. The summed E-state index contributed by atoms with van der Waals surface area (Å²) in [4.78, 5) is 66.6. The van der Waals surface area contributed by atoms with Crippen molar-refractivity contribution in [1.82, 2.24) is 40.5 Å². The number of carbonyl (C=O) groups excluding carboxylic acids is 4. The molecule has 300 valence electrons. The van der Waals surface area contributed by atoms with Crippen LogP contribution in [-0.2, 0) is 24.7 Å². The fourth-order valence-corrected chi connectivity index (χ4v) is 5.45. The van der Waals surface area contributed by atoms with Gasteiger partial charge in [-0.3, -0.25) is 14.4 Å². The van der Waals surface area contributed by atoms with Crippen LogP contribution in [0.25, 0.3) is 5.69 Å². The van der Waals surface area contributed by atoms with Crippen molar-refractivity contribution in [3.05, 3.63) is 94.8 Å². The summed E-state index contributed by atoms with van der Waals surface area (Å²) in [6, 6.07) is 18.5. The van der Waals surface area contributed by atoms with Crippen molar-refractivity contribution in [2.45, 2.75) is 37.9 Å². The van der Waals surface area contributed by atoms with Crippen LogP contribution in [-0.4, -0.2) is 91.0 Å². The Morgan fingerprint density at radius 3 is 2.19 bits per heavy atom. The largest absolute Gasteiger partial charge is 0.465 e. The summed E-state index contributed by atoms with van der Waals surface area (Å²) in [5.41, 5.74) is 1.32. The molecule has 2 heterocycles. The number of anilines is 4. The van der Waals surface area contributed by atoms with Gasteiger partial charge in [0.1, 0.15) is 5.71 Å². The Hall–Kier alpha value is -7.03. The van der Waals surface area contributed by atoms with Crippen molar-refractivity contribution in [2.24, 2.45) is 4.99 Å². The highest BCUT2D eigenvalue weighted by molar-refractivity contribution is 6.40. The number of ether oxygens (including phenoxy) is 2. The standard InChI is InChI=1S/C36H32ClF3N12O6/c1-20-49-50-51-52(20)26-13-11-24(12-14-26)42-30(55)29(54)41-18-15-27(31(56)57-2)44-28(53)21-3-9-25(10-4-21)43-32-45-33(47-34(46-32)58-19-36(38,39)40)48-35(16-17-35)22-5-7-23(37)8-6-22/h3-14H,15-19H2,1-2H3,(H,41,54)(H,42,55)(H2,43,45,46,47,48). The van der Waals surface area contributed by atoms with E-state index in [2.05, 4.69) is 56.7 Å². The maximum Gasteiger partial charge on any atom is 0.422 e. The van der Waals surface area contributed by atoms with Crippen LogP contribution in [0.3, 0.4) is 0 Å². The zero-order valence-electron chi connectivity index (χ0n) is 30.5. The van der Waals surface area contributed by atoms with Gasteiger partial charge in [-0.2, -0.15) is 32.8 Å². The molecule has 1 aliphatic carbocycles. The lowest BCUT2D eigenvalue weighted by Gasteiger charge is -2.19. The zero-order chi connectivity index (χ0) is 41.5. The van der Waals surface area contributed by atoms with Crippen LogP contribution in [0.1, 0.15) is 41.0 Å². The summed E-state index contributed by atoms with van der Waals surface area (Å²) < 4.78 is 50.0. The number of halogens is 4. The van der Waals surface area contributed by atoms with Crippen molar-refractivity contribution >= 4 is 64.3 Å². The van der Waals surface area contributed by atoms with Gasteiger partial charge >= 0.3 is 30.0 Å². The van der Waals surface area contributed by atoms with Crippen LogP contribution in [0.2, 0.25) is 5.02 Å². The Morgan fingerprint density at radius 2 is 1.57 bits per heavy atom. The monoisotopic (exact) mass is 820 g/mol. The third kappa shape index (κ3) is 10.6. The average Bonchev–Trinajstić information content (AvgIpc) is 3.85. The minimum Gasteiger partial charge on any atom is -0.465 e. The molecule has 3 amide bonds. The van der Waals surface area contributed by atoms with Crippen LogP contribution in [0.4, 0.5) is 36.4 Å². The maximum atomic E-state index is 13.1. The SMILES string of the molecule is COC(=O)C(CCNC(=O)C(=O)Nc1ccc(-n2nnnc2C)cc1)=NC(=O)c1ccc(Nc2nc(NC3(c4ccc(Cl)cc4)CC3)nc(OCC(F)(F)F)n2)cc1. The molecule has 3 aromatic carbocycles. The molecule has 5 aromatic rings. The second kappa shape index (κ2) is 17.4. The van der Waals surface area contributed by atoms with Crippen molar-refractivity contribution in [1.29, 1.82) is 0 Å². The van der Waals surface area contributed by atoms with Crippen LogP contribution in [0, 0.1) is 6.92 Å². The van der Waals surface area contributed by atoms with Gasteiger partial charge in [0.05, 0.1) is 18.3 Å². The second-order valence-electron chi connectivity index (χ2n) is 12.6. The zero-order valence-corrected chi connectivity index (χ0v) is 31.3. The molecular formula is C36H32ClF3N12O6. The number of nitrogens with zero attached hydrogens (tertiary/aromatic N) is 8. The quantitative estimate of drug-likeness (QED) is 0.0688. The average molecular weight is 821 g/mol. The highest BCUT2D eigenvalue weighted by Crippen LogP contribution is 2.48. The first kappa shape index (κ1) is 40.6. The molecule has 18 nitrogen and oxygen atoms in total. The van der Waals surface area contributed by atoms with E-state index in [0.29, 0.717) is 40.8 Å². The molecule has 58 heavy (non-hydrogen) atoms. The second-order valence-corrected chi connectivity index (χ2v) is 13.0. The Labute approximate surface area is 331 Å². The fourth-order valence-electron chi connectivity index (χ4n) is 5.33. The van der Waals surface area contributed by atoms with Crippen molar-refractivity contribution in [2.75, 3.05) is 36.2 Å². The fraction of sp³-hybridized carbons (Fsp3) is 0.250. The number of nitrogens with one attached hydrogen (secondary N) is 4. The molecule has 0 spiro atoms. The van der Waals surface area contributed by atoms with Gasteiger partial charge in [-0.25, -0.2) is 9.79 Å². The molecule has 1 fully saturated rings. The topological polar surface area (TPSA) is 229 Å². The number of aromatic nitrogens is 7. The molecule has 0 unspecified atom stereocenters. The minimum atomic E-state index is -4.65. The number of tetrazole rings is 1. The predicted molar refractivity (Wildman–Crippen MR) is 201 cm³/mol. The third-order valence-corrected chi connectivity index (χ3v) is 8.62. The van der Waals surface area contributed by atoms with Gasteiger partial charge in [0.25, 0.3) is 5.91 Å². The molecule has 1 aliphatic rings. The molecular weight excluding hydrogens is 789 g/mol. The minimum absolute atomic E-state index is 0.0432. The summed E-state index contributed by atoms with van der Waals surface area (Å²) >= 11 is 6.03. The Balaban J connectivity index is 1.07. The molecule has 0 radical (unpaired) electrons. The van der Waals surface area contributed by atoms with E-state index in [9.17, 15) is 32.3 Å². The van der Waals surface area contributed by atoms with Crippen molar-refractivity contribution in [3.63, 3.8) is 0 Å². The summed E-state index contributed by atoms with van der Waals surface area (Å²) in [7, 11) is 1.09. The lowest BCUT2D eigenvalue weighted by atomic mass is 10.1. The first-order chi connectivity index (χ1) is 27.7. The van der Waals surface area contributed by atoms with E-state index < -0.39 is 48.0 Å². The molecule has 0 atom stereocenters. The van der Waals surface area contributed by atoms with Gasteiger partial charge < -0.3 is 30.7 Å². The lowest BCUT2D eigenvalue weighted by molar-refractivity contribution is -0.154. The molecule has 4 N–H and O–H groups in total. The number of hydrogen-bond donors (Lipinski definition) is 4. The number of rotatable bonds is 14. The van der Waals surface area contributed by atoms with E-state index in [-0.39, 0.29) is 36.1 Å². The summed E-state index contributed by atoms with van der Waals surface area (Å²) in [5, 5.41) is 22.6. The Bertz CT molecular complexity index is 2340. The number of esters is 1. The number of benzene rings is 3. The first-order valence-corrected chi connectivity index (χ1v) is 17.6. The van der Waals surface area contributed by atoms with Crippen LogP contribution >= 0.6 is 11.6 Å². The highest BCUT2D eigenvalue weighted by atomic mass is 35.5. The van der Waals surface area contributed by atoms with Gasteiger partial charge in [-0.05, 0) is 96.4 Å². The number of methoxy groups -OCH3 is 1. The van der Waals surface area contributed by atoms with Crippen molar-refractivity contribution in [3.8, 4) is 11.7 Å². The Morgan fingerprint density at radius 1 is 0.897 bits per heavy atom. The summed E-state index contributed by atoms with van der Waals surface area (Å²) in [6.07, 6.45) is -3.51. The number of carbonyl (C=O) groups is 4. The van der Waals surface area contributed by atoms with Gasteiger partial charge in [-0.1, -0.05) is 23.7 Å². The highest BCUT2D eigenvalue weighted by Gasteiger charge is 2.45. The van der Waals surface area contributed by atoms with E-state index in [4.69, 9.17) is 21.1 Å². The van der Waals surface area contributed by atoms with E-state index in [1.807, 2.05) is 12.1 Å². The molecule has 22 heteroatoms. The van der Waals surface area contributed by atoms with E-state index >= 15 is 0 Å². The molecule has 6 rings (SSSR count). The van der Waals surface area contributed by atoms with Gasteiger partial charge in [0.15, 0.2) is 12.4 Å². The normalized spacial score (nSPS) is 13.2. The summed E-state index contributed by atoms with van der Waals surface area (Å²) in [5.74, 6) is -3.40. The number of amides is 3. The van der Waals surface area contributed by atoms with Gasteiger partial charge in [-0.15, -0.1) is 5.10 Å². The number of aliphatic imine (C=N–C) groups is 1. The summed E-state index contributed by atoms with van der Waals surface area (Å²) in [6.45, 7) is -0.161. The predicted octanol–water partition coefficient (Wildman–Crippen LogP) is 4.49. The first-order valence-electron chi connectivity index (χ1n) is 17.2. The maximum absolute atomic E-state index is 13.1.